The van der Waals surface area contributed by atoms with E-state index >= 15 is 0 Å². The standard InChI is InChI=1S/C21H39NO5.Na/c1-2-3-4-5-6-7-8-9-10-11-12-13-14-15-20(25)27-21(26)18(22)16-17-19(23)24;/h18H,2-17,22H2,1H3,(H,23,24);/q;+1/p-1/t18-;/m0./s1. The molecule has 0 amide bonds. The third-order valence-corrected chi connectivity index (χ3v) is 4.66. The Morgan fingerprint density at radius 2 is 1.21 bits per heavy atom. The van der Waals surface area contributed by atoms with Crippen LogP contribution in [0, 0.1) is 0 Å². The number of unbranched alkanes of at least 4 members (excludes halogenated alkanes) is 12. The molecule has 28 heavy (non-hydrogen) atoms. The molecule has 0 aliphatic rings. The fourth-order valence-corrected chi connectivity index (χ4v) is 2.92. The summed E-state index contributed by atoms with van der Waals surface area (Å²) in [5, 5.41) is 10.3. The average molecular weight is 408 g/mol. The van der Waals surface area contributed by atoms with Crippen molar-refractivity contribution in [3.8, 4) is 0 Å². The minimum absolute atomic E-state index is 0. The number of carboxylic acids is 1. The molecule has 1 atom stereocenters. The van der Waals surface area contributed by atoms with Gasteiger partial charge in [-0.2, -0.15) is 0 Å². The van der Waals surface area contributed by atoms with Crippen molar-refractivity contribution in [1.82, 2.24) is 0 Å². The number of hydrogen-bond acceptors (Lipinski definition) is 6. The first-order chi connectivity index (χ1) is 13.0. The third kappa shape index (κ3) is 20.3. The number of aliphatic carboxylic acids is 1. The number of hydrogen-bond donors (Lipinski definition) is 1. The van der Waals surface area contributed by atoms with Gasteiger partial charge in [-0.3, -0.25) is 4.79 Å². The van der Waals surface area contributed by atoms with Crippen LogP contribution in [0.15, 0.2) is 0 Å². The zero-order chi connectivity index (χ0) is 20.3. The summed E-state index contributed by atoms with van der Waals surface area (Å²) in [5.41, 5.74) is 5.47. The summed E-state index contributed by atoms with van der Waals surface area (Å²) in [5.74, 6) is -2.74. The minimum atomic E-state index is -1.28. The van der Waals surface area contributed by atoms with Crippen LogP contribution in [0.1, 0.15) is 110 Å². The maximum absolute atomic E-state index is 11.6. The first kappa shape index (κ1) is 29.8. The van der Waals surface area contributed by atoms with Crippen molar-refractivity contribution in [2.24, 2.45) is 5.73 Å². The maximum Gasteiger partial charge on any atom is 1.00 e. The van der Waals surface area contributed by atoms with Gasteiger partial charge in [0.05, 0.1) is 0 Å². The Balaban J connectivity index is 0. The van der Waals surface area contributed by atoms with Crippen LogP contribution in [0.3, 0.4) is 0 Å². The van der Waals surface area contributed by atoms with E-state index in [4.69, 9.17) is 5.73 Å². The Hall–Kier alpha value is -0.430. The summed E-state index contributed by atoms with van der Waals surface area (Å²) in [6.45, 7) is 2.24. The smallest absolute Gasteiger partial charge is 0.550 e. The van der Waals surface area contributed by atoms with Crippen molar-refractivity contribution in [1.29, 1.82) is 0 Å². The molecule has 0 spiro atoms. The van der Waals surface area contributed by atoms with Gasteiger partial charge in [0.25, 0.3) is 0 Å². The first-order valence-corrected chi connectivity index (χ1v) is 10.7. The second kappa shape index (κ2) is 21.3. The van der Waals surface area contributed by atoms with E-state index in [1.807, 2.05) is 0 Å². The van der Waals surface area contributed by atoms with Gasteiger partial charge in [-0.05, 0) is 19.3 Å². The minimum Gasteiger partial charge on any atom is -0.550 e. The van der Waals surface area contributed by atoms with Crippen molar-refractivity contribution in [2.45, 2.75) is 116 Å². The Morgan fingerprint density at radius 1 is 0.786 bits per heavy atom. The van der Waals surface area contributed by atoms with E-state index in [2.05, 4.69) is 11.7 Å². The van der Waals surface area contributed by atoms with E-state index in [0.29, 0.717) is 6.42 Å². The van der Waals surface area contributed by atoms with Gasteiger partial charge >= 0.3 is 41.5 Å². The van der Waals surface area contributed by atoms with Gasteiger partial charge in [0.1, 0.15) is 6.04 Å². The van der Waals surface area contributed by atoms with Crippen LogP contribution in [0.5, 0.6) is 0 Å². The zero-order valence-corrected chi connectivity index (χ0v) is 20.0. The van der Waals surface area contributed by atoms with Crippen LogP contribution >= 0.6 is 0 Å². The molecule has 2 N–H and O–H groups in total. The molecule has 0 aromatic carbocycles. The van der Waals surface area contributed by atoms with Crippen LogP contribution in [0.4, 0.5) is 0 Å². The van der Waals surface area contributed by atoms with E-state index in [1.54, 1.807) is 0 Å². The van der Waals surface area contributed by atoms with Crippen LogP contribution < -0.4 is 40.4 Å². The van der Waals surface area contributed by atoms with E-state index in [-0.39, 0.29) is 48.8 Å². The quantitative estimate of drug-likeness (QED) is 0.152. The molecular formula is C21H38NNaO5. The molecule has 0 fully saturated rings. The van der Waals surface area contributed by atoms with Gasteiger partial charge in [-0.1, -0.05) is 84.0 Å². The molecule has 0 saturated carbocycles. The third-order valence-electron chi connectivity index (χ3n) is 4.66. The topological polar surface area (TPSA) is 110 Å². The van der Waals surface area contributed by atoms with Crippen molar-refractivity contribution in [2.75, 3.05) is 0 Å². The average Bonchev–Trinajstić information content (AvgIpc) is 2.63. The Labute approximate surface area is 192 Å². The SMILES string of the molecule is CCCCCCCCCCCCCCCC(=O)OC(=O)[C@@H](N)CCC(=O)[O-].[Na+]. The summed E-state index contributed by atoms with van der Waals surface area (Å²) in [6.07, 6.45) is 15.6. The van der Waals surface area contributed by atoms with Crippen molar-refractivity contribution in [3.05, 3.63) is 0 Å². The number of carbonyl (C=O) groups excluding carboxylic acids is 3. The van der Waals surface area contributed by atoms with Gasteiger partial charge in [0.15, 0.2) is 0 Å². The number of esters is 2. The predicted molar refractivity (Wildman–Crippen MR) is 104 cm³/mol. The number of carboxylic acid groups (broad SMARTS) is 1. The second-order valence-electron chi connectivity index (χ2n) is 7.30. The molecule has 0 bridgehead atoms. The van der Waals surface area contributed by atoms with Crippen LogP contribution in [0.2, 0.25) is 0 Å². The van der Waals surface area contributed by atoms with Crippen molar-refractivity contribution in [3.63, 3.8) is 0 Å². The molecule has 0 saturated heterocycles. The monoisotopic (exact) mass is 407 g/mol. The molecule has 6 nitrogen and oxygen atoms in total. The first-order valence-electron chi connectivity index (χ1n) is 10.7. The van der Waals surface area contributed by atoms with Crippen LogP contribution in [-0.4, -0.2) is 23.9 Å². The number of rotatable bonds is 18. The van der Waals surface area contributed by atoms with E-state index < -0.39 is 23.9 Å². The van der Waals surface area contributed by atoms with E-state index in [1.165, 1.54) is 64.2 Å². The number of carbonyl (C=O) groups is 3. The van der Waals surface area contributed by atoms with Gasteiger partial charge in [-0.15, -0.1) is 0 Å². The fraction of sp³-hybridized carbons (Fsp3) is 0.857. The molecule has 0 aromatic rings. The van der Waals surface area contributed by atoms with Crippen LogP contribution in [-0.2, 0) is 19.1 Å². The molecule has 158 valence electrons. The van der Waals surface area contributed by atoms with Crippen molar-refractivity contribution < 1.29 is 53.8 Å². The molecule has 0 aliphatic heterocycles. The molecule has 0 rings (SSSR count). The largest absolute Gasteiger partial charge is 1.00 e. The molecule has 0 heterocycles. The Bertz CT molecular complexity index is 418. The second-order valence-corrected chi connectivity index (χ2v) is 7.30. The summed E-state index contributed by atoms with van der Waals surface area (Å²) >= 11 is 0. The molecule has 0 radical (unpaired) electrons. The zero-order valence-electron chi connectivity index (χ0n) is 18.0. The van der Waals surface area contributed by atoms with Gasteiger partial charge in [-0.25, -0.2) is 4.79 Å². The Morgan fingerprint density at radius 3 is 1.64 bits per heavy atom. The molecule has 0 aromatic heterocycles. The molecule has 7 heteroatoms. The molecular weight excluding hydrogens is 369 g/mol. The maximum atomic E-state index is 11.6. The van der Waals surface area contributed by atoms with E-state index in [9.17, 15) is 19.5 Å². The molecule has 0 aliphatic carbocycles. The predicted octanol–water partition coefficient (Wildman–Crippen LogP) is 0.399. The Kier molecular flexibility index (Phi) is 22.6. The van der Waals surface area contributed by atoms with Gasteiger partial charge < -0.3 is 20.4 Å². The van der Waals surface area contributed by atoms with Crippen LogP contribution in [0.25, 0.3) is 0 Å². The number of ether oxygens (including phenoxy) is 1. The normalized spacial score (nSPS) is 11.5. The van der Waals surface area contributed by atoms with Crippen molar-refractivity contribution >= 4 is 17.9 Å². The van der Waals surface area contributed by atoms with Gasteiger partial charge in [0.2, 0.25) is 0 Å². The van der Waals surface area contributed by atoms with Gasteiger partial charge in [0, 0.05) is 12.4 Å². The van der Waals surface area contributed by atoms with E-state index in [0.717, 1.165) is 12.8 Å². The summed E-state index contributed by atoms with van der Waals surface area (Å²) in [4.78, 5) is 33.4. The number of nitrogens with two attached hydrogens (primary N) is 1. The fourth-order valence-electron chi connectivity index (χ4n) is 2.92. The summed E-state index contributed by atoms with van der Waals surface area (Å²) in [7, 11) is 0. The summed E-state index contributed by atoms with van der Waals surface area (Å²) < 4.78 is 4.64. The molecule has 0 unspecified atom stereocenters. The summed E-state index contributed by atoms with van der Waals surface area (Å²) in [6, 6.07) is -1.10.